The second-order valence-corrected chi connectivity index (χ2v) is 6.05. The van der Waals surface area contributed by atoms with Crippen molar-refractivity contribution in [2.24, 2.45) is 0 Å². The van der Waals surface area contributed by atoms with E-state index in [4.69, 9.17) is 9.47 Å². The lowest BCUT2D eigenvalue weighted by molar-refractivity contribution is -0.159. The maximum Gasteiger partial charge on any atom is 0.306 e. The highest BCUT2D eigenvalue weighted by molar-refractivity contribution is 5.77. The van der Waals surface area contributed by atoms with Crippen molar-refractivity contribution >= 4 is 23.5 Å². The summed E-state index contributed by atoms with van der Waals surface area (Å²) in [4.78, 5) is 45.1. The van der Waals surface area contributed by atoms with Gasteiger partial charge in [-0.3, -0.25) is 9.59 Å². The van der Waals surface area contributed by atoms with Crippen LogP contribution in [0.4, 0.5) is 0 Å². The first kappa shape index (κ1) is 22.3. The lowest BCUT2D eigenvalue weighted by Gasteiger charge is -2.18. The molecule has 0 aromatic carbocycles. The van der Waals surface area contributed by atoms with Gasteiger partial charge in [-0.1, -0.05) is 13.3 Å². The molecule has 1 atom stereocenters. The van der Waals surface area contributed by atoms with Gasteiger partial charge in [0.05, 0.1) is 0 Å². The van der Waals surface area contributed by atoms with E-state index in [2.05, 4.69) is 0 Å². The Kier molecular flexibility index (Phi) is 12.7. The standard InChI is InChI=1S/C18H30O6/c1-4-5-10-16(24-18(22)12-7-9-15(3)20)13-23-17(21)11-6-8-14(2)19/h16H,4-13H2,1-3H3. The largest absolute Gasteiger partial charge is 0.462 e. The summed E-state index contributed by atoms with van der Waals surface area (Å²) < 4.78 is 10.5. The van der Waals surface area contributed by atoms with Crippen LogP contribution in [0.15, 0.2) is 0 Å². The minimum Gasteiger partial charge on any atom is -0.462 e. The summed E-state index contributed by atoms with van der Waals surface area (Å²) >= 11 is 0. The Bertz CT molecular complexity index is 416. The van der Waals surface area contributed by atoms with Gasteiger partial charge in [0, 0.05) is 25.7 Å². The van der Waals surface area contributed by atoms with Crippen molar-refractivity contribution in [1.29, 1.82) is 0 Å². The van der Waals surface area contributed by atoms with Gasteiger partial charge < -0.3 is 19.1 Å². The van der Waals surface area contributed by atoms with Gasteiger partial charge in [0.1, 0.15) is 24.3 Å². The van der Waals surface area contributed by atoms with E-state index in [1.807, 2.05) is 6.92 Å². The average molecular weight is 342 g/mol. The zero-order valence-corrected chi connectivity index (χ0v) is 15.1. The molecule has 0 aliphatic heterocycles. The van der Waals surface area contributed by atoms with Crippen molar-refractivity contribution < 1.29 is 28.7 Å². The molecule has 0 aromatic heterocycles. The molecule has 138 valence electrons. The number of rotatable bonds is 14. The number of esters is 2. The van der Waals surface area contributed by atoms with E-state index >= 15 is 0 Å². The molecule has 0 saturated heterocycles. The summed E-state index contributed by atoms with van der Waals surface area (Å²) in [5.74, 6) is -0.664. The number of carbonyl (C=O) groups is 4. The van der Waals surface area contributed by atoms with Gasteiger partial charge in [-0.25, -0.2) is 0 Å². The van der Waals surface area contributed by atoms with Crippen molar-refractivity contribution in [2.45, 2.75) is 84.7 Å². The van der Waals surface area contributed by atoms with E-state index in [1.54, 1.807) is 0 Å². The van der Waals surface area contributed by atoms with Crippen LogP contribution in [0.25, 0.3) is 0 Å². The maximum absolute atomic E-state index is 11.8. The first-order chi connectivity index (χ1) is 11.3. The van der Waals surface area contributed by atoms with Crippen LogP contribution in [-0.2, 0) is 28.7 Å². The minimum atomic E-state index is -0.452. The molecule has 0 aromatic rings. The molecule has 0 saturated carbocycles. The van der Waals surface area contributed by atoms with E-state index in [0.29, 0.717) is 32.1 Å². The highest BCUT2D eigenvalue weighted by Gasteiger charge is 2.16. The molecular formula is C18H30O6. The van der Waals surface area contributed by atoms with Crippen molar-refractivity contribution in [3.8, 4) is 0 Å². The smallest absolute Gasteiger partial charge is 0.306 e. The number of hydrogen-bond acceptors (Lipinski definition) is 6. The highest BCUT2D eigenvalue weighted by atomic mass is 16.6. The molecule has 0 bridgehead atoms. The molecule has 0 radical (unpaired) electrons. The SMILES string of the molecule is CCCCC(COC(=O)CCCC(C)=O)OC(=O)CCCC(C)=O. The number of ether oxygens (including phenoxy) is 2. The fraction of sp³-hybridized carbons (Fsp3) is 0.778. The highest BCUT2D eigenvalue weighted by Crippen LogP contribution is 2.10. The van der Waals surface area contributed by atoms with Crippen molar-refractivity contribution in [1.82, 2.24) is 0 Å². The Morgan fingerprint density at radius 1 is 0.792 bits per heavy atom. The molecule has 0 aliphatic carbocycles. The molecule has 0 rings (SSSR count). The Balaban J connectivity index is 4.15. The van der Waals surface area contributed by atoms with Crippen LogP contribution < -0.4 is 0 Å². The lowest BCUT2D eigenvalue weighted by atomic mass is 10.1. The molecule has 0 heterocycles. The summed E-state index contributed by atoms with van der Waals surface area (Å²) in [5, 5.41) is 0. The van der Waals surface area contributed by atoms with Gasteiger partial charge in [0.25, 0.3) is 0 Å². The number of hydrogen-bond donors (Lipinski definition) is 0. The fourth-order valence-corrected chi connectivity index (χ4v) is 2.07. The molecule has 0 spiro atoms. The molecule has 0 N–H and O–H groups in total. The van der Waals surface area contributed by atoms with Crippen molar-refractivity contribution in [2.75, 3.05) is 6.61 Å². The quantitative estimate of drug-likeness (QED) is 0.451. The van der Waals surface area contributed by atoms with E-state index in [1.165, 1.54) is 13.8 Å². The minimum absolute atomic E-state index is 0.0390. The first-order valence-electron chi connectivity index (χ1n) is 8.69. The third-order valence-corrected chi connectivity index (χ3v) is 3.43. The molecule has 0 amide bonds. The zero-order valence-electron chi connectivity index (χ0n) is 15.1. The molecule has 0 fully saturated rings. The van der Waals surface area contributed by atoms with Gasteiger partial charge in [-0.05, 0) is 39.5 Å². The predicted octanol–water partition coefficient (Wildman–Crippen LogP) is 3.15. The Labute approximate surface area is 144 Å². The Hall–Kier alpha value is -1.72. The summed E-state index contributed by atoms with van der Waals surface area (Å²) in [7, 11) is 0. The van der Waals surface area contributed by atoms with Crippen molar-refractivity contribution in [3.63, 3.8) is 0 Å². The van der Waals surface area contributed by atoms with Crippen LogP contribution in [0.3, 0.4) is 0 Å². The van der Waals surface area contributed by atoms with Crippen LogP contribution in [0.1, 0.15) is 78.6 Å². The van der Waals surface area contributed by atoms with E-state index in [9.17, 15) is 19.2 Å². The second kappa shape index (κ2) is 13.7. The molecule has 6 nitrogen and oxygen atoms in total. The molecule has 6 heteroatoms. The molecule has 1 unspecified atom stereocenters. The van der Waals surface area contributed by atoms with Crippen LogP contribution >= 0.6 is 0 Å². The van der Waals surface area contributed by atoms with Gasteiger partial charge in [0.15, 0.2) is 0 Å². The zero-order chi connectivity index (χ0) is 18.4. The number of unbranched alkanes of at least 4 members (excludes halogenated alkanes) is 1. The first-order valence-corrected chi connectivity index (χ1v) is 8.69. The fourth-order valence-electron chi connectivity index (χ4n) is 2.07. The van der Waals surface area contributed by atoms with Gasteiger partial charge in [-0.2, -0.15) is 0 Å². The monoisotopic (exact) mass is 342 g/mol. The third-order valence-electron chi connectivity index (χ3n) is 3.43. The predicted molar refractivity (Wildman–Crippen MR) is 89.4 cm³/mol. The topological polar surface area (TPSA) is 86.7 Å². The molecule has 24 heavy (non-hydrogen) atoms. The van der Waals surface area contributed by atoms with E-state index < -0.39 is 6.10 Å². The van der Waals surface area contributed by atoms with E-state index in [0.717, 1.165) is 12.8 Å². The van der Waals surface area contributed by atoms with E-state index in [-0.39, 0.29) is 43.0 Å². The third kappa shape index (κ3) is 13.9. The summed E-state index contributed by atoms with van der Waals surface area (Å²) in [6, 6.07) is 0. The average Bonchev–Trinajstić information content (AvgIpc) is 2.49. The summed E-state index contributed by atoms with van der Waals surface area (Å²) in [6.07, 6.45) is 4.04. The summed E-state index contributed by atoms with van der Waals surface area (Å²) in [6.45, 7) is 5.04. The Morgan fingerprint density at radius 2 is 1.33 bits per heavy atom. The van der Waals surface area contributed by atoms with Crippen LogP contribution in [0.5, 0.6) is 0 Å². The second-order valence-electron chi connectivity index (χ2n) is 6.05. The summed E-state index contributed by atoms with van der Waals surface area (Å²) in [5.41, 5.74) is 0. The van der Waals surface area contributed by atoms with Gasteiger partial charge in [-0.15, -0.1) is 0 Å². The van der Waals surface area contributed by atoms with Crippen LogP contribution in [-0.4, -0.2) is 36.2 Å². The normalized spacial score (nSPS) is 11.6. The van der Waals surface area contributed by atoms with Gasteiger partial charge >= 0.3 is 11.9 Å². The van der Waals surface area contributed by atoms with Crippen LogP contribution in [0, 0.1) is 0 Å². The lowest BCUT2D eigenvalue weighted by Crippen LogP contribution is -2.25. The van der Waals surface area contributed by atoms with Crippen molar-refractivity contribution in [3.05, 3.63) is 0 Å². The molecule has 0 aliphatic rings. The van der Waals surface area contributed by atoms with Gasteiger partial charge in [0.2, 0.25) is 0 Å². The molecular weight excluding hydrogens is 312 g/mol. The Morgan fingerprint density at radius 3 is 1.83 bits per heavy atom. The maximum atomic E-state index is 11.8. The van der Waals surface area contributed by atoms with Crippen LogP contribution in [0.2, 0.25) is 0 Å². The number of carbonyl (C=O) groups excluding carboxylic acids is 4. The number of Topliss-reactive ketones (excluding diaryl/α,β-unsaturated/α-hetero) is 2. The number of ketones is 2.